The van der Waals surface area contributed by atoms with Crippen molar-refractivity contribution in [2.24, 2.45) is 0 Å². The van der Waals surface area contributed by atoms with Gasteiger partial charge in [-0.15, -0.1) is 0 Å². The first kappa shape index (κ1) is 16.1. The highest BCUT2D eigenvalue weighted by molar-refractivity contribution is 5.52. The van der Waals surface area contributed by atoms with E-state index in [-0.39, 0.29) is 11.5 Å². The molecule has 0 amide bonds. The molecule has 0 saturated carbocycles. The molecule has 2 aromatic rings. The van der Waals surface area contributed by atoms with Crippen LogP contribution in [-0.2, 0) is 0 Å². The van der Waals surface area contributed by atoms with Crippen LogP contribution in [0.2, 0.25) is 0 Å². The molecule has 0 aliphatic heterocycles. The third kappa shape index (κ3) is 3.87. The molecule has 116 valence electrons. The van der Waals surface area contributed by atoms with Gasteiger partial charge < -0.3 is 20.4 Å². The van der Waals surface area contributed by atoms with Crippen LogP contribution in [0, 0.1) is 6.92 Å². The minimum Gasteiger partial charge on any atom is -0.504 e. The first-order valence-corrected chi connectivity index (χ1v) is 7.07. The van der Waals surface area contributed by atoms with Crippen molar-refractivity contribution in [2.45, 2.75) is 18.9 Å². The number of aliphatic hydroxyl groups is 2. The van der Waals surface area contributed by atoms with Gasteiger partial charge in [-0.05, 0) is 30.2 Å². The fourth-order valence-electron chi connectivity index (χ4n) is 2.22. The first-order valence-electron chi connectivity index (χ1n) is 7.07. The topological polar surface area (TPSA) is 80.9 Å². The van der Waals surface area contributed by atoms with Crippen molar-refractivity contribution in [1.82, 2.24) is 0 Å². The van der Waals surface area contributed by atoms with Gasteiger partial charge in [0, 0.05) is 5.92 Å². The Morgan fingerprint density at radius 1 is 1.00 bits per heavy atom. The second-order valence-electron chi connectivity index (χ2n) is 5.29. The molecule has 2 unspecified atom stereocenters. The van der Waals surface area contributed by atoms with Crippen LogP contribution in [0.15, 0.2) is 48.5 Å². The molecular formula is C18H20O4. The van der Waals surface area contributed by atoms with Crippen LogP contribution in [0.3, 0.4) is 0 Å². The molecule has 0 radical (unpaired) electrons. The molecule has 0 aliphatic carbocycles. The predicted molar refractivity (Wildman–Crippen MR) is 85.8 cm³/mol. The first-order chi connectivity index (χ1) is 10.5. The molecule has 0 heterocycles. The van der Waals surface area contributed by atoms with E-state index in [1.54, 1.807) is 12.1 Å². The summed E-state index contributed by atoms with van der Waals surface area (Å²) in [6.45, 7) is 1.61. The summed E-state index contributed by atoms with van der Waals surface area (Å²) in [5, 5.41) is 38.2. The SMILES string of the molecule is Cc1ccc(C=CC(c2ccc(O)c(O)c2)C(O)CO)cc1. The van der Waals surface area contributed by atoms with Crippen LogP contribution in [-0.4, -0.2) is 33.1 Å². The summed E-state index contributed by atoms with van der Waals surface area (Å²) in [6.07, 6.45) is 2.63. The van der Waals surface area contributed by atoms with Crippen LogP contribution in [0.1, 0.15) is 22.6 Å². The average molecular weight is 300 g/mol. The number of hydrogen-bond donors (Lipinski definition) is 4. The van der Waals surface area contributed by atoms with Gasteiger partial charge in [0.05, 0.1) is 12.7 Å². The summed E-state index contributed by atoms with van der Waals surface area (Å²) in [6, 6.07) is 12.3. The summed E-state index contributed by atoms with van der Waals surface area (Å²) < 4.78 is 0. The van der Waals surface area contributed by atoms with Gasteiger partial charge in [0.2, 0.25) is 0 Å². The summed E-state index contributed by atoms with van der Waals surface area (Å²) in [4.78, 5) is 0. The fraction of sp³-hybridized carbons (Fsp3) is 0.222. The molecule has 0 saturated heterocycles. The maximum atomic E-state index is 10.0. The lowest BCUT2D eigenvalue weighted by Crippen LogP contribution is -2.20. The van der Waals surface area contributed by atoms with Crippen molar-refractivity contribution < 1.29 is 20.4 Å². The number of hydrogen-bond acceptors (Lipinski definition) is 4. The number of phenolic OH excluding ortho intramolecular Hbond substituents is 2. The molecule has 4 N–H and O–H groups in total. The van der Waals surface area contributed by atoms with E-state index >= 15 is 0 Å². The van der Waals surface area contributed by atoms with Crippen LogP contribution in [0.5, 0.6) is 11.5 Å². The highest BCUT2D eigenvalue weighted by Gasteiger charge is 2.19. The molecular weight excluding hydrogens is 280 g/mol. The van der Waals surface area contributed by atoms with Gasteiger partial charge in [-0.1, -0.05) is 48.0 Å². The largest absolute Gasteiger partial charge is 0.504 e. The lowest BCUT2D eigenvalue weighted by atomic mass is 9.92. The number of aromatic hydroxyl groups is 2. The van der Waals surface area contributed by atoms with E-state index in [2.05, 4.69) is 0 Å². The number of aliphatic hydroxyl groups excluding tert-OH is 2. The average Bonchev–Trinajstić information content (AvgIpc) is 2.52. The van der Waals surface area contributed by atoms with E-state index in [9.17, 15) is 20.4 Å². The third-order valence-electron chi connectivity index (χ3n) is 3.56. The fourth-order valence-corrected chi connectivity index (χ4v) is 2.22. The lowest BCUT2D eigenvalue weighted by molar-refractivity contribution is 0.0842. The second-order valence-corrected chi connectivity index (χ2v) is 5.29. The molecule has 4 nitrogen and oxygen atoms in total. The molecule has 2 rings (SSSR count). The maximum Gasteiger partial charge on any atom is 0.157 e. The zero-order valence-corrected chi connectivity index (χ0v) is 12.3. The van der Waals surface area contributed by atoms with Crippen molar-refractivity contribution in [2.75, 3.05) is 6.61 Å². The van der Waals surface area contributed by atoms with Gasteiger partial charge in [0.1, 0.15) is 0 Å². The summed E-state index contributed by atoms with van der Waals surface area (Å²) in [7, 11) is 0. The molecule has 0 aromatic heterocycles. The summed E-state index contributed by atoms with van der Waals surface area (Å²) in [5.74, 6) is -0.960. The monoisotopic (exact) mass is 300 g/mol. The Hall–Kier alpha value is -2.30. The highest BCUT2D eigenvalue weighted by atomic mass is 16.3. The molecule has 0 aliphatic rings. The van der Waals surface area contributed by atoms with Crippen LogP contribution >= 0.6 is 0 Å². The predicted octanol–water partition coefficient (Wildman–Crippen LogP) is 2.56. The summed E-state index contributed by atoms with van der Waals surface area (Å²) >= 11 is 0. The minimum absolute atomic E-state index is 0.219. The van der Waals surface area contributed by atoms with E-state index < -0.39 is 18.6 Å². The van der Waals surface area contributed by atoms with Gasteiger partial charge in [-0.25, -0.2) is 0 Å². The van der Waals surface area contributed by atoms with Gasteiger partial charge >= 0.3 is 0 Å². The standard InChI is InChI=1S/C18H20O4/c1-12-2-4-13(5-3-12)6-8-15(18(22)11-19)14-7-9-16(20)17(21)10-14/h2-10,15,18-22H,11H2,1H3. The molecule has 0 fully saturated rings. The van der Waals surface area contributed by atoms with Gasteiger partial charge in [-0.2, -0.15) is 0 Å². The van der Waals surface area contributed by atoms with Crippen molar-refractivity contribution >= 4 is 6.08 Å². The van der Waals surface area contributed by atoms with E-state index in [1.165, 1.54) is 12.1 Å². The zero-order valence-electron chi connectivity index (χ0n) is 12.3. The van der Waals surface area contributed by atoms with E-state index in [1.807, 2.05) is 37.3 Å². The maximum absolute atomic E-state index is 10.0. The molecule has 2 aromatic carbocycles. The Kier molecular flexibility index (Phi) is 5.20. The Morgan fingerprint density at radius 3 is 2.27 bits per heavy atom. The molecule has 22 heavy (non-hydrogen) atoms. The molecule has 0 spiro atoms. The third-order valence-corrected chi connectivity index (χ3v) is 3.56. The highest BCUT2D eigenvalue weighted by Crippen LogP contribution is 2.31. The van der Waals surface area contributed by atoms with Crippen molar-refractivity contribution in [3.05, 3.63) is 65.2 Å². The number of phenols is 2. The Labute approximate surface area is 129 Å². The normalized spacial score (nSPS) is 14.1. The molecule has 4 heteroatoms. The van der Waals surface area contributed by atoms with Crippen LogP contribution in [0.25, 0.3) is 6.08 Å². The van der Waals surface area contributed by atoms with E-state index in [0.29, 0.717) is 5.56 Å². The van der Waals surface area contributed by atoms with Crippen LogP contribution in [0.4, 0.5) is 0 Å². The number of aryl methyl sites for hydroxylation is 1. The van der Waals surface area contributed by atoms with Crippen molar-refractivity contribution in [3.63, 3.8) is 0 Å². The van der Waals surface area contributed by atoms with Gasteiger partial charge in [-0.3, -0.25) is 0 Å². The Morgan fingerprint density at radius 2 is 1.68 bits per heavy atom. The van der Waals surface area contributed by atoms with E-state index in [0.717, 1.165) is 11.1 Å². The zero-order chi connectivity index (χ0) is 16.1. The van der Waals surface area contributed by atoms with Gasteiger partial charge in [0.25, 0.3) is 0 Å². The van der Waals surface area contributed by atoms with Gasteiger partial charge in [0.15, 0.2) is 11.5 Å². The molecule has 0 bridgehead atoms. The van der Waals surface area contributed by atoms with Crippen LogP contribution < -0.4 is 0 Å². The number of rotatable bonds is 5. The number of benzene rings is 2. The summed E-state index contributed by atoms with van der Waals surface area (Å²) in [5.41, 5.74) is 2.75. The Balaban J connectivity index is 2.29. The minimum atomic E-state index is -0.995. The van der Waals surface area contributed by atoms with Crippen molar-refractivity contribution in [3.8, 4) is 11.5 Å². The lowest BCUT2D eigenvalue weighted by Gasteiger charge is -2.19. The quantitative estimate of drug-likeness (QED) is 0.640. The second kappa shape index (κ2) is 7.11. The van der Waals surface area contributed by atoms with E-state index in [4.69, 9.17) is 0 Å². The Bertz CT molecular complexity index is 647. The smallest absolute Gasteiger partial charge is 0.157 e. The van der Waals surface area contributed by atoms with Crippen molar-refractivity contribution in [1.29, 1.82) is 0 Å². The molecule has 2 atom stereocenters.